The molecule has 1 aromatic heterocycles. The van der Waals surface area contributed by atoms with Crippen LogP contribution in [-0.4, -0.2) is 36.6 Å². The van der Waals surface area contributed by atoms with E-state index in [1.165, 1.54) is 0 Å². The van der Waals surface area contributed by atoms with Crippen molar-refractivity contribution in [2.24, 2.45) is 5.73 Å². The molecule has 0 spiro atoms. The molecule has 1 fully saturated rings. The van der Waals surface area contributed by atoms with Crippen LogP contribution in [0.5, 0.6) is 0 Å². The fraction of sp³-hybridized carbons (Fsp3) is 0.273. The van der Waals surface area contributed by atoms with Gasteiger partial charge in [0.15, 0.2) is 0 Å². The number of aromatic nitrogens is 1. The van der Waals surface area contributed by atoms with Gasteiger partial charge >= 0.3 is 0 Å². The fourth-order valence-corrected chi connectivity index (χ4v) is 4.15. The number of carbonyl (C=O) groups excluding carboxylic acids is 1. The van der Waals surface area contributed by atoms with Crippen molar-refractivity contribution in [1.82, 2.24) is 10.3 Å². The number of nitrogens with one attached hydrogen (secondary N) is 1. The molecule has 1 aliphatic heterocycles. The van der Waals surface area contributed by atoms with Crippen LogP contribution in [0.25, 0.3) is 10.9 Å². The molecule has 2 aromatic carbocycles. The maximum absolute atomic E-state index is 12.9. The molecule has 3 aromatic rings. The number of hydrogen-bond acceptors (Lipinski definition) is 4. The lowest BCUT2D eigenvalue weighted by Gasteiger charge is -2.18. The van der Waals surface area contributed by atoms with Crippen LogP contribution < -0.4 is 16.0 Å². The van der Waals surface area contributed by atoms with E-state index >= 15 is 0 Å². The smallest absolute Gasteiger partial charge is 0.253 e. The maximum Gasteiger partial charge on any atom is 0.253 e. The molecule has 0 unspecified atom stereocenters. The van der Waals surface area contributed by atoms with E-state index in [1.807, 2.05) is 42.5 Å². The standard InChI is InChI=1S/C22H22Cl2N4O/c23-17-4-2-1-3-14(17)9-11-26-22(29)21-16-5-8-20(28-12-10-15(25)13-28)27-19(16)7-6-18(21)24/h1-8,15H,9-13,25H2,(H,26,29)/t15-/m0/s1. The molecule has 0 saturated carbocycles. The number of nitrogens with zero attached hydrogens (tertiary/aromatic N) is 2. The molecule has 5 nitrogen and oxygen atoms in total. The summed E-state index contributed by atoms with van der Waals surface area (Å²) in [5.41, 5.74) is 8.19. The predicted molar refractivity (Wildman–Crippen MR) is 119 cm³/mol. The number of benzene rings is 2. The first-order valence-corrected chi connectivity index (χ1v) is 10.4. The van der Waals surface area contributed by atoms with Crippen LogP contribution in [0.3, 0.4) is 0 Å². The molecule has 7 heteroatoms. The molecular formula is C22H22Cl2N4O. The highest BCUT2D eigenvalue weighted by Crippen LogP contribution is 2.28. The SMILES string of the molecule is N[C@H]1CCN(c2ccc3c(C(=O)NCCc4ccccc4Cl)c(Cl)ccc3n2)C1. The zero-order chi connectivity index (χ0) is 20.4. The van der Waals surface area contributed by atoms with Gasteiger partial charge in [0.05, 0.1) is 16.1 Å². The molecule has 1 saturated heterocycles. The number of carbonyl (C=O) groups is 1. The molecule has 4 rings (SSSR count). The van der Waals surface area contributed by atoms with Crippen LogP contribution in [0.2, 0.25) is 10.0 Å². The average molecular weight is 429 g/mol. The van der Waals surface area contributed by atoms with E-state index in [0.29, 0.717) is 28.6 Å². The van der Waals surface area contributed by atoms with Gasteiger partial charge in [-0.2, -0.15) is 0 Å². The van der Waals surface area contributed by atoms with Crippen LogP contribution >= 0.6 is 23.2 Å². The minimum absolute atomic E-state index is 0.178. The molecule has 1 atom stereocenters. The molecule has 3 N–H and O–H groups in total. The third kappa shape index (κ3) is 4.32. The van der Waals surface area contributed by atoms with Gasteiger partial charge in [-0.15, -0.1) is 0 Å². The highest BCUT2D eigenvalue weighted by molar-refractivity contribution is 6.35. The molecule has 2 heterocycles. The summed E-state index contributed by atoms with van der Waals surface area (Å²) in [5, 5.41) is 4.79. The van der Waals surface area contributed by atoms with Crippen molar-refractivity contribution in [2.75, 3.05) is 24.5 Å². The second-order valence-corrected chi connectivity index (χ2v) is 8.07. The zero-order valence-electron chi connectivity index (χ0n) is 15.9. The first kappa shape index (κ1) is 20.0. The summed E-state index contributed by atoms with van der Waals surface area (Å²) in [6, 6.07) is 15.2. The summed E-state index contributed by atoms with van der Waals surface area (Å²) >= 11 is 12.6. The van der Waals surface area contributed by atoms with Gasteiger partial charge in [0.1, 0.15) is 5.82 Å². The maximum atomic E-state index is 12.9. The Bertz CT molecular complexity index is 1060. The minimum Gasteiger partial charge on any atom is -0.355 e. The lowest BCUT2D eigenvalue weighted by atomic mass is 10.1. The van der Waals surface area contributed by atoms with Gasteiger partial charge in [0.25, 0.3) is 5.91 Å². The monoisotopic (exact) mass is 428 g/mol. The Balaban J connectivity index is 1.53. The van der Waals surface area contributed by atoms with Crippen LogP contribution in [0.1, 0.15) is 22.3 Å². The van der Waals surface area contributed by atoms with Gasteiger partial charge in [0, 0.05) is 36.1 Å². The van der Waals surface area contributed by atoms with Gasteiger partial charge in [-0.25, -0.2) is 4.98 Å². The molecular weight excluding hydrogens is 407 g/mol. The van der Waals surface area contributed by atoms with Gasteiger partial charge in [-0.05, 0) is 48.7 Å². The van der Waals surface area contributed by atoms with Crippen LogP contribution in [0, 0.1) is 0 Å². The van der Waals surface area contributed by atoms with Crippen molar-refractivity contribution in [3.8, 4) is 0 Å². The number of fused-ring (bicyclic) bond motifs is 1. The number of hydrogen-bond donors (Lipinski definition) is 2. The van der Waals surface area contributed by atoms with Crippen molar-refractivity contribution in [1.29, 1.82) is 0 Å². The summed E-state index contributed by atoms with van der Waals surface area (Å²) in [4.78, 5) is 19.8. The molecule has 29 heavy (non-hydrogen) atoms. The number of nitrogens with two attached hydrogens (primary N) is 1. The Kier molecular flexibility index (Phi) is 5.90. The van der Waals surface area contributed by atoms with Gasteiger partial charge in [-0.1, -0.05) is 41.4 Å². The number of pyridine rings is 1. The molecule has 150 valence electrons. The van der Waals surface area contributed by atoms with Crippen LogP contribution in [-0.2, 0) is 6.42 Å². The average Bonchev–Trinajstić information content (AvgIpc) is 3.15. The van der Waals surface area contributed by atoms with E-state index in [2.05, 4.69) is 10.2 Å². The number of amides is 1. The van der Waals surface area contributed by atoms with Crippen molar-refractivity contribution < 1.29 is 4.79 Å². The Morgan fingerprint density at radius 2 is 1.97 bits per heavy atom. The quantitative estimate of drug-likeness (QED) is 0.642. The minimum atomic E-state index is -0.217. The molecule has 1 aliphatic rings. The number of rotatable bonds is 5. The second-order valence-electron chi connectivity index (χ2n) is 7.25. The molecule has 0 aliphatic carbocycles. The van der Waals surface area contributed by atoms with Crippen molar-refractivity contribution in [2.45, 2.75) is 18.9 Å². The van der Waals surface area contributed by atoms with E-state index in [1.54, 1.807) is 6.07 Å². The van der Waals surface area contributed by atoms with Crippen LogP contribution in [0.4, 0.5) is 5.82 Å². The predicted octanol–water partition coefficient (Wildman–Crippen LogP) is 4.05. The van der Waals surface area contributed by atoms with E-state index in [9.17, 15) is 4.79 Å². The van der Waals surface area contributed by atoms with E-state index in [0.717, 1.165) is 41.8 Å². The number of anilines is 1. The molecule has 0 bridgehead atoms. The van der Waals surface area contributed by atoms with E-state index < -0.39 is 0 Å². The van der Waals surface area contributed by atoms with Crippen molar-refractivity contribution >= 4 is 45.8 Å². The van der Waals surface area contributed by atoms with Gasteiger partial charge in [0.2, 0.25) is 0 Å². The largest absolute Gasteiger partial charge is 0.355 e. The second kappa shape index (κ2) is 8.57. The van der Waals surface area contributed by atoms with Crippen LogP contribution in [0.15, 0.2) is 48.5 Å². The Hall–Kier alpha value is -2.34. The Morgan fingerprint density at radius 1 is 1.14 bits per heavy atom. The first-order valence-electron chi connectivity index (χ1n) is 9.64. The topological polar surface area (TPSA) is 71.2 Å². The Labute approximate surface area is 179 Å². The first-order chi connectivity index (χ1) is 14.0. The Morgan fingerprint density at radius 3 is 2.72 bits per heavy atom. The third-order valence-corrected chi connectivity index (χ3v) is 5.90. The summed E-state index contributed by atoms with van der Waals surface area (Å²) in [5.74, 6) is 0.656. The molecule has 0 radical (unpaired) electrons. The lowest BCUT2D eigenvalue weighted by Crippen LogP contribution is -2.27. The van der Waals surface area contributed by atoms with E-state index in [4.69, 9.17) is 33.9 Å². The van der Waals surface area contributed by atoms with Gasteiger partial charge < -0.3 is 16.0 Å². The third-order valence-electron chi connectivity index (χ3n) is 5.22. The summed E-state index contributed by atoms with van der Waals surface area (Å²) in [7, 11) is 0. The van der Waals surface area contributed by atoms with Gasteiger partial charge in [-0.3, -0.25) is 4.79 Å². The molecule has 1 amide bonds. The van der Waals surface area contributed by atoms with Crippen molar-refractivity contribution in [3.05, 3.63) is 69.7 Å². The summed E-state index contributed by atoms with van der Waals surface area (Å²) < 4.78 is 0. The highest BCUT2D eigenvalue weighted by atomic mass is 35.5. The highest BCUT2D eigenvalue weighted by Gasteiger charge is 2.21. The summed E-state index contributed by atoms with van der Waals surface area (Å²) in [6.45, 7) is 2.15. The lowest BCUT2D eigenvalue weighted by molar-refractivity contribution is 0.0956. The van der Waals surface area contributed by atoms with E-state index in [-0.39, 0.29) is 11.9 Å². The number of halogens is 2. The van der Waals surface area contributed by atoms with Crippen molar-refractivity contribution in [3.63, 3.8) is 0 Å². The fourth-order valence-electron chi connectivity index (χ4n) is 3.67. The zero-order valence-corrected chi connectivity index (χ0v) is 17.4. The normalized spacial score (nSPS) is 16.4. The summed E-state index contributed by atoms with van der Waals surface area (Å²) in [6.07, 6.45) is 1.60.